The first-order valence-electron chi connectivity index (χ1n) is 8.19. The van der Waals surface area contributed by atoms with Gasteiger partial charge in [0.25, 0.3) is 0 Å². The third-order valence-corrected chi connectivity index (χ3v) is 6.10. The predicted octanol–water partition coefficient (Wildman–Crippen LogP) is 1.94. The number of hydrogen-bond donors (Lipinski definition) is 2. The first kappa shape index (κ1) is 18.6. The Morgan fingerprint density at radius 2 is 2.26 bits per heavy atom. The van der Waals surface area contributed by atoms with Gasteiger partial charge in [0.05, 0.1) is 12.1 Å². The van der Waals surface area contributed by atoms with Gasteiger partial charge in [0, 0.05) is 43.5 Å². The van der Waals surface area contributed by atoms with Crippen LogP contribution >= 0.6 is 24.2 Å². The van der Waals surface area contributed by atoms with E-state index in [9.17, 15) is 4.79 Å². The lowest BCUT2D eigenvalue weighted by atomic mass is 9.89. The summed E-state index contributed by atoms with van der Waals surface area (Å²) in [5, 5.41) is 11.6. The topological polar surface area (TPSA) is 59.0 Å². The average Bonchev–Trinajstić information content (AvgIpc) is 3.15. The Hall–Kier alpha value is -0.720. The van der Waals surface area contributed by atoms with Crippen molar-refractivity contribution in [3.63, 3.8) is 0 Å². The number of nitrogens with zero attached hydrogens (tertiary/aromatic N) is 2. The minimum atomic E-state index is 0. The number of hydrogen-bond acceptors (Lipinski definition) is 4. The van der Waals surface area contributed by atoms with E-state index in [1.54, 1.807) is 0 Å². The van der Waals surface area contributed by atoms with E-state index in [0.29, 0.717) is 11.3 Å². The molecule has 1 saturated carbocycles. The van der Waals surface area contributed by atoms with Gasteiger partial charge < -0.3 is 10.6 Å². The molecule has 1 saturated heterocycles. The molecule has 2 unspecified atom stereocenters. The largest absolute Gasteiger partial charge is 0.353 e. The SMILES string of the molecule is CSC1CCCC(NC(=O)[C@H]2CNC[C@@H]2c2cnn(C)c2)C1.Cl. The number of carbonyl (C=O) groups excluding carboxylic acids is 1. The highest BCUT2D eigenvalue weighted by molar-refractivity contribution is 7.99. The van der Waals surface area contributed by atoms with Crippen LogP contribution in [0.4, 0.5) is 0 Å². The van der Waals surface area contributed by atoms with E-state index in [-0.39, 0.29) is 30.2 Å². The molecule has 1 aromatic heterocycles. The zero-order valence-corrected chi connectivity index (χ0v) is 15.5. The van der Waals surface area contributed by atoms with Crippen molar-refractivity contribution in [2.45, 2.75) is 42.9 Å². The minimum absolute atomic E-state index is 0. The zero-order valence-electron chi connectivity index (χ0n) is 13.8. The number of carbonyl (C=O) groups is 1. The zero-order chi connectivity index (χ0) is 15.5. The number of rotatable bonds is 4. The molecule has 1 aromatic rings. The van der Waals surface area contributed by atoms with Crippen LogP contribution in [0.2, 0.25) is 0 Å². The Morgan fingerprint density at radius 1 is 1.43 bits per heavy atom. The number of aromatic nitrogens is 2. The van der Waals surface area contributed by atoms with Gasteiger partial charge >= 0.3 is 0 Å². The molecular formula is C16H27ClN4OS. The van der Waals surface area contributed by atoms with Crippen LogP contribution in [0.5, 0.6) is 0 Å². The maximum absolute atomic E-state index is 12.7. The van der Waals surface area contributed by atoms with Crippen LogP contribution in [0.15, 0.2) is 12.4 Å². The highest BCUT2D eigenvalue weighted by Crippen LogP contribution is 2.30. The molecule has 7 heteroatoms. The lowest BCUT2D eigenvalue weighted by molar-refractivity contribution is -0.125. The van der Waals surface area contributed by atoms with Crippen molar-refractivity contribution < 1.29 is 4.79 Å². The second-order valence-corrected chi connectivity index (χ2v) is 7.69. The monoisotopic (exact) mass is 358 g/mol. The molecule has 0 aromatic carbocycles. The van der Waals surface area contributed by atoms with Crippen LogP contribution in [0.25, 0.3) is 0 Å². The first-order valence-corrected chi connectivity index (χ1v) is 9.48. The van der Waals surface area contributed by atoms with Crippen molar-refractivity contribution in [2.75, 3.05) is 19.3 Å². The molecular weight excluding hydrogens is 332 g/mol. The highest BCUT2D eigenvalue weighted by atomic mass is 35.5. The van der Waals surface area contributed by atoms with Crippen molar-refractivity contribution in [1.29, 1.82) is 0 Å². The molecule has 1 amide bonds. The summed E-state index contributed by atoms with van der Waals surface area (Å²) in [7, 11) is 1.92. The molecule has 0 radical (unpaired) electrons. The number of amides is 1. The van der Waals surface area contributed by atoms with E-state index in [1.165, 1.54) is 18.4 Å². The van der Waals surface area contributed by atoms with Crippen molar-refractivity contribution in [3.8, 4) is 0 Å². The average molecular weight is 359 g/mol. The van der Waals surface area contributed by atoms with E-state index in [4.69, 9.17) is 0 Å². The summed E-state index contributed by atoms with van der Waals surface area (Å²) in [4.78, 5) is 12.7. The molecule has 130 valence electrons. The fourth-order valence-electron chi connectivity index (χ4n) is 3.73. The summed E-state index contributed by atoms with van der Waals surface area (Å²) in [6.07, 6.45) is 10.9. The van der Waals surface area contributed by atoms with Gasteiger partial charge in [0.1, 0.15) is 0 Å². The van der Waals surface area contributed by atoms with Crippen LogP contribution in [0, 0.1) is 5.92 Å². The van der Waals surface area contributed by atoms with Gasteiger partial charge in [-0.2, -0.15) is 16.9 Å². The standard InChI is InChI=1S/C16H26N4OS.ClH/c1-20-10-11(7-18-20)14-8-17-9-15(14)16(21)19-12-4-3-5-13(6-12)22-2;/h7,10,12-15,17H,3-6,8-9H2,1-2H3,(H,19,21);1H/t12?,13?,14-,15+;/m1./s1. The smallest absolute Gasteiger partial charge is 0.225 e. The van der Waals surface area contributed by atoms with Crippen molar-refractivity contribution in [1.82, 2.24) is 20.4 Å². The summed E-state index contributed by atoms with van der Waals surface area (Å²) in [5.41, 5.74) is 1.17. The van der Waals surface area contributed by atoms with Crippen molar-refractivity contribution in [2.24, 2.45) is 13.0 Å². The van der Waals surface area contributed by atoms with E-state index >= 15 is 0 Å². The molecule has 2 heterocycles. The van der Waals surface area contributed by atoms with Gasteiger partial charge in [-0.3, -0.25) is 9.48 Å². The highest BCUT2D eigenvalue weighted by Gasteiger charge is 2.36. The van der Waals surface area contributed by atoms with E-state index in [0.717, 1.165) is 25.9 Å². The van der Waals surface area contributed by atoms with Crippen molar-refractivity contribution in [3.05, 3.63) is 18.0 Å². The quantitative estimate of drug-likeness (QED) is 0.863. The van der Waals surface area contributed by atoms with Crippen LogP contribution < -0.4 is 10.6 Å². The van der Waals surface area contributed by atoms with E-state index in [1.807, 2.05) is 35.9 Å². The molecule has 1 aliphatic carbocycles. The molecule has 5 nitrogen and oxygen atoms in total. The molecule has 23 heavy (non-hydrogen) atoms. The number of aryl methyl sites for hydroxylation is 1. The van der Waals surface area contributed by atoms with Gasteiger partial charge in [-0.1, -0.05) is 6.42 Å². The van der Waals surface area contributed by atoms with Crippen molar-refractivity contribution >= 4 is 30.1 Å². The lowest BCUT2D eigenvalue weighted by Crippen LogP contribution is -2.43. The predicted molar refractivity (Wildman–Crippen MR) is 97.3 cm³/mol. The molecule has 2 fully saturated rings. The summed E-state index contributed by atoms with van der Waals surface area (Å²) in [5.74, 6) is 0.484. The number of thioether (sulfide) groups is 1. The summed E-state index contributed by atoms with van der Waals surface area (Å²) in [6, 6.07) is 0.355. The molecule has 3 rings (SSSR count). The maximum Gasteiger partial charge on any atom is 0.225 e. The number of nitrogens with one attached hydrogen (secondary N) is 2. The van der Waals surface area contributed by atoms with E-state index in [2.05, 4.69) is 22.0 Å². The molecule has 4 atom stereocenters. The molecule has 0 spiro atoms. The summed E-state index contributed by atoms with van der Waals surface area (Å²) in [6.45, 7) is 1.63. The summed E-state index contributed by atoms with van der Waals surface area (Å²) < 4.78 is 1.81. The van der Waals surface area contributed by atoms with Gasteiger partial charge in [0.15, 0.2) is 0 Å². The van der Waals surface area contributed by atoms with Crippen LogP contribution in [0.1, 0.15) is 37.2 Å². The Kier molecular flexibility index (Phi) is 6.80. The first-order chi connectivity index (χ1) is 10.7. The number of halogens is 1. The molecule has 1 aliphatic heterocycles. The van der Waals surface area contributed by atoms with Crippen LogP contribution in [-0.2, 0) is 11.8 Å². The Labute approximate surface area is 148 Å². The normalized spacial score (nSPS) is 30.7. The minimum Gasteiger partial charge on any atom is -0.353 e. The van der Waals surface area contributed by atoms with Gasteiger partial charge in [-0.15, -0.1) is 12.4 Å². The molecule has 0 bridgehead atoms. The third-order valence-electron chi connectivity index (χ3n) is 5.01. The summed E-state index contributed by atoms with van der Waals surface area (Å²) >= 11 is 1.93. The van der Waals surface area contributed by atoms with Gasteiger partial charge in [-0.05, 0) is 31.1 Å². The molecule has 2 N–H and O–H groups in total. The second kappa shape index (κ2) is 8.40. The van der Waals surface area contributed by atoms with E-state index < -0.39 is 0 Å². The van der Waals surface area contributed by atoms with Gasteiger partial charge in [-0.25, -0.2) is 0 Å². The second-order valence-electron chi connectivity index (χ2n) is 6.55. The third kappa shape index (κ3) is 4.43. The van der Waals surface area contributed by atoms with Crippen LogP contribution in [-0.4, -0.2) is 46.3 Å². The van der Waals surface area contributed by atoms with Gasteiger partial charge in [0.2, 0.25) is 5.91 Å². The Morgan fingerprint density at radius 3 is 2.96 bits per heavy atom. The Bertz CT molecular complexity index is 524. The van der Waals surface area contributed by atoms with Crippen LogP contribution in [0.3, 0.4) is 0 Å². The fourth-order valence-corrected chi connectivity index (χ4v) is 4.56. The Balaban J connectivity index is 0.00000192. The molecule has 2 aliphatic rings. The lowest BCUT2D eigenvalue weighted by Gasteiger charge is -2.30. The fraction of sp³-hybridized carbons (Fsp3) is 0.750. The maximum atomic E-state index is 12.7.